The SMILES string of the molecule is Cc1cnc(N2CCn3nc(C(=O)NCc4ccccn4)cc3C2)nc1N. The topological polar surface area (TPSA) is 115 Å². The molecule has 1 amide bonds. The van der Waals surface area contributed by atoms with Gasteiger partial charge in [-0.25, -0.2) is 4.98 Å². The fraction of sp³-hybridized carbons (Fsp3) is 0.278. The van der Waals surface area contributed by atoms with Gasteiger partial charge in [0.15, 0.2) is 5.69 Å². The van der Waals surface area contributed by atoms with E-state index in [0.717, 1.165) is 17.0 Å². The molecule has 9 heteroatoms. The fourth-order valence-electron chi connectivity index (χ4n) is 2.91. The number of amides is 1. The van der Waals surface area contributed by atoms with Crippen molar-refractivity contribution >= 4 is 17.7 Å². The van der Waals surface area contributed by atoms with Crippen molar-refractivity contribution in [2.24, 2.45) is 0 Å². The highest BCUT2D eigenvalue weighted by Crippen LogP contribution is 2.19. The lowest BCUT2D eigenvalue weighted by Crippen LogP contribution is -2.35. The van der Waals surface area contributed by atoms with Crippen LogP contribution in [-0.4, -0.2) is 37.2 Å². The molecule has 4 heterocycles. The van der Waals surface area contributed by atoms with Gasteiger partial charge in [0.2, 0.25) is 5.95 Å². The molecule has 27 heavy (non-hydrogen) atoms. The predicted octanol–water partition coefficient (Wildman–Crippen LogP) is 0.909. The molecule has 9 nitrogen and oxygen atoms in total. The van der Waals surface area contributed by atoms with Gasteiger partial charge in [-0.15, -0.1) is 0 Å². The Morgan fingerprint density at radius 1 is 1.30 bits per heavy atom. The van der Waals surface area contributed by atoms with Gasteiger partial charge in [-0.3, -0.25) is 14.5 Å². The van der Waals surface area contributed by atoms with Crippen molar-refractivity contribution in [1.29, 1.82) is 0 Å². The summed E-state index contributed by atoms with van der Waals surface area (Å²) in [4.78, 5) is 27.3. The summed E-state index contributed by atoms with van der Waals surface area (Å²) in [5.74, 6) is 0.852. The third-order valence-corrected chi connectivity index (χ3v) is 4.47. The summed E-state index contributed by atoms with van der Waals surface area (Å²) in [6.07, 6.45) is 3.42. The Hall–Kier alpha value is -3.49. The van der Waals surface area contributed by atoms with E-state index in [-0.39, 0.29) is 5.91 Å². The molecule has 0 radical (unpaired) electrons. The third kappa shape index (κ3) is 3.57. The maximum atomic E-state index is 12.4. The first kappa shape index (κ1) is 17.0. The number of hydrogen-bond acceptors (Lipinski definition) is 7. The van der Waals surface area contributed by atoms with E-state index >= 15 is 0 Å². The number of nitrogens with one attached hydrogen (secondary N) is 1. The Kier molecular flexibility index (Phi) is 4.41. The van der Waals surface area contributed by atoms with Crippen LogP contribution in [0.2, 0.25) is 0 Å². The number of nitrogens with two attached hydrogens (primary N) is 1. The molecule has 4 rings (SSSR count). The molecule has 0 saturated heterocycles. The quantitative estimate of drug-likeness (QED) is 0.707. The summed E-state index contributed by atoms with van der Waals surface area (Å²) in [6.45, 7) is 4.17. The monoisotopic (exact) mass is 364 g/mol. The zero-order valence-corrected chi connectivity index (χ0v) is 15.0. The van der Waals surface area contributed by atoms with Gasteiger partial charge in [-0.1, -0.05) is 6.07 Å². The second-order valence-corrected chi connectivity index (χ2v) is 6.41. The molecule has 3 aromatic rings. The van der Waals surface area contributed by atoms with Crippen LogP contribution in [0.1, 0.15) is 27.4 Å². The third-order valence-electron chi connectivity index (χ3n) is 4.47. The van der Waals surface area contributed by atoms with Gasteiger partial charge < -0.3 is 16.0 Å². The molecule has 0 spiro atoms. The van der Waals surface area contributed by atoms with Crippen LogP contribution < -0.4 is 16.0 Å². The van der Waals surface area contributed by atoms with Gasteiger partial charge in [0.25, 0.3) is 5.91 Å². The molecule has 138 valence electrons. The highest BCUT2D eigenvalue weighted by Gasteiger charge is 2.22. The lowest BCUT2D eigenvalue weighted by atomic mass is 10.2. The highest BCUT2D eigenvalue weighted by atomic mass is 16.1. The number of carbonyl (C=O) groups is 1. The van der Waals surface area contributed by atoms with E-state index < -0.39 is 0 Å². The molecule has 0 bridgehead atoms. The van der Waals surface area contributed by atoms with Crippen molar-refractivity contribution in [2.45, 2.75) is 26.6 Å². The average Bonchev–Trinajstić information content (AvgIpc) is 3.12. The lowest BCUT2D eigenvalue weighted by molar-refractivity contribution is 0.0944. The van der Waals surface area contributed by atoms with Crippen molar-refractivity contribution in [1.82, 2.24) is 30.0 Å². The zero-order valence-electron chi connectivity index (χ0n) is 15.0. The first-order valence-electron chi connectivity index (χ1n) is 8.69. The number of carbonyl (C=O) groups excluding carboxylic acids is 1. The minimum absolute atomic E-state index is 0.218. The first-order chi connectivity index (χ1) is 13.1. The molecule has 0 saturated carbocycles. The van der Waals surface area contributed by atoms with Gasteiger partial charge in [0.1, 0.15) is 5.82 Å². The number of nitrogens with zero attached hydrogens (tertiary/aromatic N) is 6. The summed E-state index contributed by atoms with van der Waals surface area (Å²) < 4.78 is 1.85. The minimum Gasteiger partial charge on any atom is -0.383 e. The van der Waals surface area contributed by atoms with Crippen LogP contribution >= 0.6 is 0 Å². The van der Waals surface area contributed by atoms with Crippen LogP contribution in [0.5, 0.6) is 0 Å². The number of pyridine rings is 1. The number of aromatic nitrogens is 5. The molecule has 0 aromatic carbocycles. The molecule has 3 aromatic heterocycles. The number of hydrogen-bond donors (Lipinski definition) is 2. The van der Waals surface area contributed by atoms with Crippen LogP contribution in [0.15, 0.2) is 36.7 Å². The molecule has 0 fully saturated rings. The molecule has 1 aliphatic heterocycles. The molecule has 0 aliphatic carbocycles. The van der Waals surface area contributed by atoms with Crippen LogP contribution in [0.3, 0.4) is 0 Å². The Morgan fingerprint density at radius 3 is 2.96 bits per heavy atom. The summed E-state index contributed by atoms with van der Waals surface area (Å²) in [5.41, 5.74) is 8.88. The minimum atomic E-state index is -0.218. The second kappa shape index (κ2) is 7.02. The lowest BCUT2D eigenvalue weighted by Gasteiger charge is -2.27. The van der Waals surface area contributed by atoms with E-state index in [4.69, 9.17) is 5.73 Å². The van der Waals surface area contributed by atoms with Crippen LogP contribution in [0.25, 0.3) is 0 Å². The van der Waals surface area contributed by atoms with Crippen molar-refractivity contribution in [3.8, 4) is 0 Å². The largest absolute Gasteiger partial charge is 0.383 e. The molecular formula is C18H20N8O. The molecule has 0 atom stereocenters. The standard InChI is InChI=1S/C18H20N8O/c1-12-9-22-18(23-16(12)19)25-6-7-26-14(11-25)8-15(24-26)17(27)21-10-13-4-2-3-5-20-13/h2-5,8-9H,6-7,10-11H2,1H3,(H,21,27)(H2,19,22,23). The summed E-state index contributed by atoms with van der Waals surface area (Å²) in [7, 11) is 0. The molecule has 1 aliphatic rings. The number of rotatable bonds is 4. The maximum absolute atomic E-state index is 12.4. The Balaban J connectivity index is 1.45. The average molecular weight is 364 g/mol. The van der Waals surface area contributed by atoms with E-state index in [1.165, 1.54) is 0 Å². The van der Waals surface area contributed by atoms with E-state index in [2.05, 4.69) is 25.4 Å². The zero-order chi connectivity index (χ0) is 18.8. The molecular weight excluding hydrogens is 344 g/mol. The Bertz CT molecular complexity index is 969. The first-order valence-corrected chi connectivity index (χ1v) is 8.69. The Labute approximate surface area is 156 Å². The van der Waals surface area contributed by atoms with Crippen LogP contribution in [0.4, 0.5) is 11.8 Å². The summed E-state index contributed by atoms with van der Waals surface area (Å²) >= 11 is 0. The van der Waals surface area contributed by atoms with Crippen molar-refractivity contribution in [3.05, 3.63) is 59.3 Å². The Morgan fingerprint density at radius 2 is 2.19 bits per heavy atom. The van der Waals surface area contributed by atoms with E-state index in [0.29, 0.717) is 43.6 Å². The van der Waals surface area contributed by atoms with E-state index in [9.17, 15) is 4.79 Å². The van der Waals surface area contributed by atoms with Gasteiger partial charge >= 0.3 is 0 Å². The van der Waals surface area contributed by atoms with Gasteiger partial charge in [-0.05, 0) is 25.1 Å². The highest BCUT2D eigenvalue weighted by molar-refractivity contribution is 5.92. The van der Waals surface area contributed by atoms with E-state index in [1.54, 1.807) is 18.5 Å². The maximum Gasteiger partial charge on any atom is 0.272 e. The van der Waals surface area contributed by atoms with Crippen molar-refractivity contribution < 1.29 is 4.79 Å². The predicted molar refractivity (Wildman–Crippen MR) is 99.9 cm³/mol. The summed E-state index contributed by atoms with van der Waals surface area (Å²) in [6, 6.07) is 7.39. The van der Waals surface area contributed by atoms with Gasteiger partial charge in [0, 0.05) is 24.5 Å². The fourth-order valence-corrected chi connectivity index (χ4v) is 2.91. The number of aryl methyl sites for hydroxylation is 1. The number of anilines is 2. The smallest absolute Gasteiger partial charge is 0.272 e. The van der Waals surface area contributed by atoms with Crippen LogP contribution in [0, 0.1) is 6.92 Å². The van der Waals surface area contributed by atoms with Crippen molar-refractivity contribution in [2.75, 3.05) is 17.2 Å². The van der Waals surface area contributed by atoms with Gasteiger partial charge in [-0.2, -0.15) is 10.1 Å². The summed E-state index contributed by atoms with van der Waals surface area (Å²) in [5, 5.41) is 7.26. The number of fused-ring (bicyclic) bond motifs is 1. The molecule has 0 unspecified atom stereocenters. The van der Waals surface area contributed by atoms with Gasteiger partial charge in [0.05, 0.1) is 31.0 Å². The van der Waals surface area contributed by atoms with E-state index in [1.807, 2.05) is 34.7 Å². The normalized spacial score (nSPS) is 13.3. The number of nitrogen functional groups attached to an aromatic ring is 1. The molecule has 3 N–H and O–H groups in total. The van der Waals surface area contributed by atoms with Crippen LogP contribution in [-0.2, 0) is 19.6 Å². The van der Waals surface area contributed by atoms with Crippen molar-refractivity contribution in [3.63, 3.8) is 0 Å². The second-order valence-electron chi connectivity index (χ2n) is 6.41.